The predicted molar refractivity (Wildman–Crippen MR) is 145 cm³/mol. The zero-order valence-corrected chi connectivity index (χ0v) is 22.1. The summed E-state index contributed by atoms with van der Waals surface area (Å²) in [6, 6.07) is 12.0. The van der Waals surface area contributed by atoms with Gasteiger partial charge in [0.25, 0.3) is 0 Å². The Morgan fingerprint density at radius 2 is 1.80 bits per heavy atom. The first kappa shape index (κ1) is 28.1. The number of rotatable bonds is 10. The fraction of sp³-hybridized carbons (Fsp3) is 0.345. The molecule has 0 bridgehead atoms. The van der Waals surface area contributed by atoms with Gasteiger partial charge < -0.3 is 20.1 Å². The Kier molecular flexibility index (Phi) is 7.65. The number of nitrogens with one attached hydrogen (secondary N) is 1. The van der Waals surface area contributed by atoms with Gasteiger partial charge in [0.15, 0.2) is 11.5 Å². The van der Waals surface area contributed by atoms with Crippen molar-refractivity contribution in [3.63, 3.8) is 0 Å². The van der Waals surface area contributed by atoms with E-state index in [-0.39, 0.29) is 36.4 Å². The number of anilines is 1. The number of hydrogen-bond donors (Lipinski definition) is 3. The summed E-state index contributed by atoms with van der Waals surface area (Å²) in [6.45, 7) is 2.01. The summed E-state index contributed by atoms with van der Waals surface area (Å²) in [5.74, 6) is -1.95. The van der Waals surface area contributed by atoms with E-state index in [1.54, 1.807) is 4.57 Å². The van der Waals surface area contributed by atoms with E-state index in [0.29, 0.717) is 28.9 Å². The van der Waals surface area contributed by atoms with Gasteiger partial charge in [-0.3, -0.25) is 4.79 Å². The van der Waals surface area contributed by atoms with Gasteiger partial charge in [-0.1, -0.05) is 42.3 Å². The summed E-state index contributed by atoms with van der Waals surface area (Å²) in [5.41, 5.74) is 1.93. The zero-order chi connectivity index (χ0) is 29.3. The van der Waals surface area contributed by atoms with Crippen LogP contribution in [0.5, 0.6) is 0 Å². The van der Waals surface area contributed by atoms with Crippen molar-refractivity contribution >= 4 is 28.9 Å². The van der Waals surface area contributed by atoms with Gasteiger partial charge in [-0.15, -0.1) is 0 Å². The number of imidazole rings is 1. The van der Waals surface area contributed by atoms with Crippen LogP contribution in [0, 0.1) is 12.8 Å². The number of nitrogens with zero attached hydrogens (tertiary/aromatic N) is 4. The number of aromatic carboxylic acids is 1. The average molecular weight is 568 g/mol. The molecule has 0 aliphatic heterocycles. The van der Waals surface area contributed by atoms with Crippen LogP contribution >= 0.6 is 0 Å². The second-order valence-electron chi connectivity index (χ2n) is 10.3. The van der Waals surface area contributed by atoms with Gasteiger partial charge >= 0.3 is 18.1 Å². The Morgan fingerprint density at radius 1 is 1.07 bits per heavy atom. The largest absolute Gasteiger partial charge is 0.481 e. The maximum atomic E-state index is 13.2. The van der Waals surface area contributed by atoms with Crippen molar-refractivity contribution < 1.29 is 33.0 Å². The molecule has 1 saturated carbocycles. The topological polar surface area (TPSA) is 130 Å². The minimum absolute atomic E-state index is 0.0759. The Labute approximate surface area is 233 Å². The van der Waals surface area contributed by atoms with Gasteiger partial charge in [0.05, 0.1) is 5.56 Å². The Bertz CT molecular complexity index is 1600. The third-order valence-corrected chi connectivity index (χ3v) is 7.40. The van der Waals surface area contributed by atoms with Crippen LogP contribution in [0.25, 0.3) is 22.6 Å². The fourth-order valence-electron chi connectivity index (χ4n) is 5.10. The van der Waals surface area contributed by atoms with Gasteiger partial charge in [0.1, 0.15) is 11.3 Å². The maximum Gasteiger partial charge on any atom is 0.416 e. The van der Waals surface area contributed by atoms with Crippen LogP contribution in [0.4, 0.5) is 19.0 Å². The Hall–Kier alpha value is -4.48. The van der Waals surface area contributed by atoms with Crippen LogP contribution in [-0.2, 0) is 17.5 Å². The van der Waals surface area contributed by atoms with Gasteiger partial charge in [0, 0.05) is 24.6 Å². The Morgan fingerprint density at radius 3 is 2.39 bits per heavy atom. The normalized spacial score (nSPS) is 14.5. The third-order valence-electron chi connectivity index (χ3n) is 7.40. The fourth-order valence-corrected chi connectivity index (χ4v) is 5.10. The molecule has 2 aromatic carbocycles. The molecule has 2 heterocycles. The van der Waals surface area contributed by atoms with Crippen LogP contribution in [0.15, 0.2) is 48.5 Å². The summed E-state index contributed by atoms with van der Waals surface area (Å²) >= 11 is 0. The van der Waals surface area contributed by atoms with Crippen LogP contribution in [-0.4, -0.2) is 47.7 Å². The van der Waals surface area contributed by atoms with Gasteiger partial charge in [-0.2, -0.15) is 13.2 Å². The molecule has 3 N–H and O–H groups in total. The van der Waals surface area contributed by atoms with E-state index in [1.807, 2.05) is 31.2 Å². The van der Waals surface area contributed by atoms with Crippen molar-refractivity contribution in [3.05, 3.63) is 71.0 Å². The molecule has 0 spiro atoms. The van der Waals surface area contributed by atoms with Crippen molar-refractivity contribution in [2.75, 3.05) is 5.32 Å². The first-order valence-corrected chi connectivity index (χ1v) is 13.2. The van der Waals surface area contributed by atoms with E-state index in [4.69, 9.17) is 0 Å². The SMILES string of the molecule is Cc1cccc(-c2nc3nc(C(=O)O)nc(N[C@H](CCC(=O)O)C4CCC4)c3n2Cc2ccc(C(F)(F)F)cc2)c1. The molecule has 1 fully saturated rings. The molecule has 0 amide bonds. The maximum absolute atomic E-state index is 13.2. The van der Waals surface area contributed by atoms with Crippen molar-refractivity contribution in [2.24, 2.45) is 5.92 Å². The number of aromatic nitrogens is 4. The smallest absolute Gasteiger partial charge is 0.416 e. The summed E-state index contributed by atoms with van der Waals surface area (Å²) in [4.78, 5) is 36.5. The molecule has 2 aromatic heterocycles. The molecule has 214 valence electrons. The highest BCUT2D eigenvalue weighted by Crippen LogP contribution is 2.36. The molecule has 0 saturated heterocycles. The van der Waals surface area contributed by atoms with E-state index in [0.717, 1.165) is 37.0 Å². The van der Waals surface area contributed by atoms with Crippen LogP contribution in [0.3, 0.4) is 0 Å². The van der Waals surface area contributed by atoms with E-state index in [9.17, 15) is 33.0 Å². The first-order chi connectivity index (χ1) is 19.5. The molecule has 9 nitrogen and oxygen atoms in total. The van der Waals surface area contributed by atoms with E-state index < -0.39 is 29.5 Å². The average Bonchev–Trinajstić information content (AvgIpc) is 3.24. The van der Waals surface area contributed by atoms with Gasteiger partial charge in [-0.05, 0) is 55.9 Å². The van der Waals surface area contributed by atoms with Crippen LogP contribution in [0.1, 0.15) is 59.4 Å². The number of aryl methyl sites for hydroxylation is 1. The first-order valence-electron chi connectivity index (χ1n) is 13.2. The minimum Gasteiger partial charge on any atom is -0.481 e. The molecular formula is C29H28F3N5O4. The number of benzene rings is 2. The molecule has 0 unspecified atom stereocenters. The van der Waals surface area contributed by atoms with Crippen molar-refractivity contribution in [3.8, 4) is 11.4 Å². The number of fused-ring (bicyclic) bond motifs is 1. The molecule has 12 heteroatoms. The molecule has 4 aromatic rings. The van der Waals surface area contributed by atoms with Crippen LogP contribution < -0.4 is 5.32 Å². The lowest BCUT2D eigenvalue weighted by Crippen LogP contribution is -2.35. The summed E-state index contributed by atoms with van der Waals surface area (Å²) in [5, 5.41) is 22.4. The highest BCUT2D eigenvalue weighted by Gasteiger charge is 2.31. The number of aliphatic carboxylic acids is 1. The second-order valence-corrected chi connectivity index (χ2v) is 10.3. The molecule has 1 aliphatic rings. The number of carbonyl (C=O) groups is 2. The number of hydrogen-bond acceptors (Lipinski definition) is 6. The lowest BCUT2D eigenvalue weighted by atomic mass is 9.78. The quantitative estimate of drug-likeness (QED) is 0.212. The summed E-state index contributed by atoms with van der Waals surface area (Å²) in [7, 11) is 0. The van der Waals surface area contributed by atoms with E-state index >= 15 is 0 Å². The zero-order valence-electron chi connectivity index (χ0n) is 22.1. The Balaban J connectivity index is 1.67. The monoisotopic (exact) mass is 567 g/mol. The molecular weight excluding hydrogens is 539 g/mol. The molecule has 0 radical (unpaired) electrons. The van der Waals surface area contributed by atoms with Gasteiger partial charge in [0.2, 0.25) is 5.82 Å². The molecule has 5 rings (SSSR count). The molecule has 1 aliphatic carbocycles. The highest BCUT2D eigenvalue weighted by molar-refractivity contribution is 5.92. The molecule has 41 heavy (non-hydrogen) atoms. The predicted octanol–water partition coefficient (Wildman–Crippen LogP) is 6.01. The number of carboxylic acid groups (broad SMARTS) is 2. The summed E-state index contributed by atoms with van der Waals surface area (Å²) < 4.78 is 41.3. The van der Waals surface area contributed by atoms with Crippen molar-refractivity contribution in [1.82, 2.24) is 19.5 Å². The van der Waals surface area contributed by atoms with Crippen molar-refractivity contribution in [2.45, 2.75) is 57.8 Å². The van der Waals surface area contributed by atoms with Crippen molar-refractivity contribution in [1.29, 1.82) is 0 Å². The second kappa shape index (κ2) is 11.2. The minimum atomic E-state index is -4.47. The lowest BCUT2D eigenvalue weighted by molar-refractivity contribution is -0.138. The summed E-state index contributed by atoms with van der Waals surface area (Å²) in [6.07, 6.45) is -1.43. The number of halogens is 3. The third kappa shape index (κ3) is 6.16. The lowest BCUT2D eigenvalue weighted by Gasteiger charge is -2.34. The van der Waals surface area contributed by atoms with Gasteiger partial charge in [-0.25, -0.2) is 19.7 Å². The van der Waals surface area contributed by atoms with Crippen LogP contribution in [0.2, 0.25) is 0 Å². The van der Waals surface area contributed by atoms with E-state index in [2.05, 4.69) is 20.3 Å². The highest BCUT2D eigenvalue weighted by atomic mass is 19.4. The standard InChI is InChI=1S/C29H28F3N5O4/c1-16-4-2-7-19(14-16)27-36-25-23(37(27)15-17-8-10-20(11-9-17)29(30,31)32)24(34-26(35-25)28(40)41)33-21(12-13-22(38)39)18-5-3-6-18/h2,4,7-11,14,18,21H,3,5-6,12-13,15H2,1H3,(H,38,39)(H,40,41)(H,33,34,35)/t21-/m1/s1. The number of alkyl halides is 3. The number of carboxylic acids is 2. The molecule has 1 atom stereocenters. The van der Waals surface area contributed by atoms with E-state index in [1.165, 1.54) is 12.1 Å².